The van der Waals surface area contributed by atoms with Crippen LogP contribution in [0.2, 0.25) is 0 Å². The molecule has 0 bridgehead atoms. The van der Waals surface area contributed by atoms with E-state index in [-0.39, 0.29) is 0 Å². The molecule has 2 nitrogen and oxygen atoms in total. The molecule has 1 N–H and O–H groups in total. The van der Waals surface area contributed by atoms with Crippen molar-refractivity contribution in [3.05, 3.63) is 0 Å². The van der Waals surface area contributed by atoms with Crippen LogP contribution in [0.1, 0.15) is 47.0 Å². The minimum absolute atomic E-state index is 0.699. The molecule has 1 heterocycles. The van der Waals surface area contributed by atoms with Crippen molar-refractivity contribution >= 4 is 0 Å². The zero-order chi connectivity index (χ0) is 10.6. The van der Waals surface area contributed by atoms with Gasteiger partial charge >= 0.3 is 0 Å². The van der Waals surface area contributed by atoms with E-state index in [0.29, 0.717) is 6.04 Å². The van der Waals surface area contributed by atoms with Gasteiger partial charge in [0.25, 0.3) is 0 Å². The van der Waals surface area contributed by atoms with Gasteiger partial charge in [0.15, 0.2) is 0 Å². The Labute approximate surface area is 89.1 Å². The Balaban J connectivity index is 2.45. The Kier molecular flexibility index (Phi) is 4.90. The van der Waals surface area contributed by atoms with E-state index < -0.39 is 0 Å². The maximum absolute atomic E-state index is 3.58. The molecule has 0 aromatic heterocycles. The molecule has 2 atom stereocenters. The van der Waals surface area contributed by atoms with Crippen LogP contribution in [0.25, 0.3) is 0 Å². The second kappa shape index (κ2) is 5.72. The highest BCUT2D eigenvalue weighted by molar-refractivity contribution is 4.80. The van der Waals surface area contributed by atoms with E-state index in [9.17, 15) is 0 Å². The zero-order valence-corrected chi connectivity index (χ0v) is 10.2. The quantitative estimate of drug-likeness (QED) is 0.748. The molecule has 0 radical (unpaired) electrons. The van der Waals surface area contributed by atoms with E-state index in [0.717, 1.165) is 18.6 Å². The van der Waals surface area contributed by atoms with Crippen molar-refractivity contribution in [1.82, 2.24) is 10.2 Å². The van der Waals surface area contributed by atoms with Crippen LogP contribution in [0.15, 0.2) is 0 Å². The van der Waals surface area contributed by atoms with Crippen molar-refractivity contribution in [1.29, 1.82) is 0 Å². The minimum atomic E-state index is 0.699. The van der Waals surface area contributed by atoms with Crippen LogP contribution in [0, 0.1) is 0 Å². The predicted octanol–water partition coefficient (Wildman–Crippen LogP) is 2.25. The van der Waals surface area contributed by atoms with Gasteiger partial charge in [-0.1, -0.05) is 6.92 Å². The highest BCUT2D eigenvalue weighted by atomic mass is 15.2. The molecule has 0 aromatic rings. The first-order valence-electron chi connectivity index (χ1n) is 6.14. The Hall–Kier alpha value is -0.0800. The fourth-order valence-corrected chi connectivity index (χ4v) is 2.54. The molecule has 1 aliphatic rings. The number of hydrogen-bond donors (Lipinski definition) is 1. The lowest BCUT2D eigenvalue weighted by Gasteiger charge is -2.30. The summed E-state index contributed by atoms with van der Waals surface area (Å²) in [4.78, 5) is 2.64. The molecule has 0 amide bonds. The minimum Gasteiger partial charge on any atom is -0.314 e. The molecule has 0 spiro atoms. The van der Waals surface area contributed by atoms with Crippen molar-refractivity contribution in [2.24, 2.45) is 0 Å². The van der Waals surface area contributed by atoms with Crippen LogP contribution in [0.5, 0.6) is 0 Å². The summed E-state index contributed by atoms with van der Waals surface area (Å²) in [5.74, 6) is 0. The molecule has 0 aliphatic carbocycles. The van der Waals surface area contributed by atoms with Gasteiger partial charge < -0.3 is 5.32 Å². The van der Waals surface area contributed by atoms with Crippen molar-refractivity contribution in [2.75, 3.05) is 13.1 Å². The van der Waals surface area contributed by atoms with E-state index in [1.165, 1.54) is 25.8 Å². The van der Waals surface area contributed by atoms with E-state index >= 15 is 0 Å². The molecular formula is C12H26N2. The Morgan fingerprint density at radius 1 is 1.29 bits per heavy atom. The third kappa shape index (κ3) is 3.25. The number of rotatable bonds is 3. The summed E-state index contributed by atoms with van der Waals surface area (Å²) in [7, 11) is 0. The number of likely N-dealkylation sites (tertiary alicyclic amines) is 1. The predicted molar refractivity (Wildman–Crippen MR) is 62.6 cm³/mol. The van der Waals surface area contributed by atoms with Gasteiger partial charge in [0.1, 0.15) is 0 Å². The van der Waals surface area contributed by atoms with Crippen LogP contribution in [0.4, 0.5) is 0 Å². The molecule has 14 heavy (non-hydrogen) atoms. The third-order valence-corrected chi connectivity index (χ3v) is 3.39. The number of hydrogen-bond acceptors (Lipinski definition) is 2. The van der Waals surface area contributed by atoms with Gasteiger partial charge in [-0.2, -0.15) is 0 Å². The largest absolute Gasteiger partial charge is 0.314 e. The highest BCUT2D eigenvalue weighted by Gasteiger charge is 2.23. The fraction of sp³-hybridized carbons (Fsp3) is 1.00. The topological polar surface area (TPSA) is 15.3 Å². The number of nitrogens with one attached hydrogen (secondary N) is 1. The summed E-state index contributed by atoms with van der Waals surface area (Å²) in [6.07, 6.45) is 4.00. The summed E-state index contributed by atoms with van der Waals surface area (Å²) in [5.41, 5.74) is 0. The van der Waals surface area contributed by atoms with Crippen LogP contribution in [-0.2, 0) is 0 Å². The van der Waals surface area contributed by atoms with Crippen LogP contribution >= 0.6 is 0 Å². The normalized spacial score (nSPS) is 30.6. The van der Waals surface area contributed by atoms with Crippen LogP contribution in [-0.4, -0.2) is 36.1 Å². The van der Waals surface area contributed by atoms with Gasteiger partial charge in [0, 0.05) is 24.7 Å². The molecule has 1 saturated heterocycles. The van der Waals surface area contributed by atoms with Gasteiger partial charge in [-0.05, 0) is 46.6 Å². The van der Waals surface area contributed by atoms with Crippen molar-refractivity contribution in [2.45, 2.75) is 65.1 Å². The molecule has 1 rings (SSSR count). The fourth-order valence-electron chi connectivity index (χ4n) is 2.54. The lowest BCUT2D eigenvalue weighted by atomic mass is 10.1. The van der Waals surface area contributed by atoms with Gasteiger partial charge in [-0.3, -0.25) is 4.90 Å². The summed E-state index contributed by atoms with van der Waals surface area (Å²) < 4.78 is 0. The molecule has 0 aromatic carbocycles. The average Bonchev–Trinajstić information content (AvgIpc) is 2.29. The summed E-state index contributed by atoms with van der Waals surface area (Å²) in [6, 6.07) is 2.22. The summed E-state index contributed by atoms with van der Waals surface area (Å²) in [6.45, 7) is 11.6. The maximum atomic E-state index is 3.58. The van der Waals surface area contributed by atoms with E-state index in [1.807, 2.05) is 0 Å². The van der Waals surface area contributed by atoms with E-state index in [2.05, 4.69) is 37.9 Å². The zero-order valence-electron chi connectivity index (χ0n) is 10.2. The maximum Gasteiger partial charge on any atom is 0.00797 e. The van der Waals surface area contributed by atoms with Crippen LogP contribution in [0.3, 0.4) is 0 Å². The summed E-state index contributed by atoms with van der Waals surface area (Å²) >= 11 is 0. The molecule has 1 unspecified atom stereocenters. The second-order valence-corrected chi connectivity index (χ2v) is 4.80. The Morgan fingerprint density at radius 2 is 2.00 bits per heavy atom. The lowest BCUT2D eigenvalue weighted by molar-refractivity contribution is 0.168. The lowest BCUT2D eigenvalue weighted by Crippen LogP contribution is -2.38. The van der Waals surface area contributed by atoms with E-state index in [4.69, 9.17) is 0 Å². The van der Waals surface area contributed by atoms with Crippen molar-refractivity contribution in [3.8, 4) is 0 Å². The standard InChI is InChI=1S/C12H26N2/c1-5-13-12-7-6-11(4)14(9-8-12)10(2)3/h10-13H,5-9H2,1-4H3/t11-,12?/m1/s1. The first-order chi connectivity index (χ1) is 6.65. The highest BCUT2D eigenvalue weighted by Crippen LogP contribution is 2.18. The average molecular weight is 198 g/mol. The van der Waals surface area contributed by atoms with Crippen molar-refractivity contribution < 1.29 is 0 Å². The van der Waals surface area contributed by atoms with E-state index in [1.54, 1.807) is 0 Å². The SMILES string of the molecule is CCNC1CC[C@@H](C)N(C(C)C)CC1. The van der Waals surface area contributed by atoms with Crippen LogP contribution < -0.4 is 5.32 Å². The third-order valence-electron chi connectivity index (χ3n) is 3.39. The Bertz CT molecular complexity index is 156. The summed E-state index contributed by atoms with van der Waals surface area (Å²) in [5, 5.41) is 3.58. The molecule has 1 fully saturated rings. The Morgan fingerprint density at radius 3 is 2.57 bits per heavy atom. The molecular weight excluding hydrogens is 172 g/mol. The first kappa shape index (κ1) is 12.0. The second-order valence-electron chi connectivity index (χ2n) is 4.80. The first-order valence-corrected chi connectivity index (χ1v) is 6.14. The van der Waals surface area contributed by atoms with Gasteiger partial charge in [0.2, 0.25) is 0 Å². The smallest absolute Gasteiger partial charge is 0.00797 e. The molecule has 84 valence electrons. The molecule has 1 aliphatic heterocycles. The number of nitrogens with zero attached hydrogens (tertiary/aromatic N) is 1. The molecule has 2 heteroatoms. The monoisotopic (exact) mass is 198 g/mol. The van der Waals surface area contributed by atoms with Gasteiger partial charge in [-0.25, -0.2) is 0 Å². The van der Waals surface area contributed by atoms with Gasteiger partial charge in [-0.15, -0.1) is 0 Å². The van der Waals surface area contributed by atoms with Gasteiger partial charge in [0.05, 0.1) is 0 Å². The molecule has 0 saturated carbocycles. The van der Waals surface area contributed by atoms with Crippen molar-refractivity contribution in [3.63, 3.8) is 0 Å².